The highest BCUT2D eigenvalue weighted by atomic mass is 16.6. The zero-order chi connectivity index (χ0) is 15.2. The number of rotatable bonds is 0. The molecule has 2 fully saturated rings. The molecule has 5 rings (SSSR count). The number of aromatic hydroxyl groups is 2. The fourth-order valence-electron chi connectivity index (χ4n) is 5.61. The van der Waals surface area contributed by atoms with E-state index in [9.17, 15) is 15.3 Å². The number of aliphatic hydroxyl groups excluding tert-OH is 1. The highest BCUT2D eigenvalue weighted by molar-refractivity contribution is 5.76. The molecule has 4 aliphatic rings. The second-order valence-corrected chi connectivity index (χ2v) is 7.41. The lowest BCUT2D eigenvalue weighted by Gasteiger charge is -2.59. The number of likely N-dealkylation sites (N-methyl/N-ethyl adjacent to an activating group) is 1. The molecule has 22 heavy (non-hydrogen) atoms. The third kappa shape index (κ3) is 1.29. The van der Waals surface area contributed by atoms with E-state index >= 15 is 0 Å². The van der Waals surface area contributed by atoms with Crippen LogP contribution in [-0.4, -0.2) is 46.0 Å². The summed E-state index contributed by atoms with van der Waals surface area (Å²) in [5.41, 5.74) is 1.37. The topological polar surface area (TPSA) is 76.5 Å². The smallest absolute Gasteiger partial charge is 0.215 e. The Kier molecular flexibility index (Phi) is 2.30. The zero-order valence-corrected chi connectivity index (χ0v) is 12.7. The van der Waals surface area contributed by atoms with E-state index in [1.165, 1.54) is 0 Å². The van der Waals surface area contributed by atoms with Crippen LogP contribution in [0.15, 0.2) is 0 Å². The first-order chi connectivity index (χ1) is 10.6. The van der Waals surface area contributed by atoms with Crippen LogP contribution in [0.1, 0.15) is 36.8 Å². The minimum Gasteiger partial charge on any atom is -0.504 e. The summed E-state index contributed by atoms with van der Waals surface area (Å²) in [5, 5.41) is 31.7. The Balaban J connectivity index is 1.82. The largest absolute Gasteiger partial charge is 0.504 e. The van der Waals surface area contributed by atoms with Gasteiger partial charge in [-0.3, -0.25) is 0 Å². The van der Waals surface area contributed by atoms with Gasteiger partial charge in [-0.15, -0.1) is 0 Å². The summed E-state index contributed by atoms with van der Waals surface area (Å²) in [5.74, 6) is 1.31. The van der Waals surface area contributed by atoms with Crippen molar-refractivity contribution in [3.63, 3.8) is 0 Å². The fraction of sp³-hybridized carbons (Fsp3) is 0.647. The summed E-state index contributed by atoms with van der Waals surface area (Å²) in [6.45, 7) is 0.913. The van der Waals surface area contributed by atoms with Crippen molar-refractivity contribution in [2.45, 2.75) is 49.7 Å². The number of hydrogen-bond donors (Lipinski definition) is 3. The standard InChI is InChI=1S/C17H21NO4/c1-18-6-5-17-9(3-2-4-11(17)19)10(18)7-8-12(17)13(20)14(21)16-15(8)22-16/h9-11,19-21H,2-7H2,1H3/t9-,10+,11?,17+/m0/s1. The lowest BCUT2D eigenvalue weighted by Crippen LogP contribution is -2.64. The fourth-order valence-corrected chi connectivity index (χ4v) is 5.61. The Hall–Kier alpha value is -1.46. The summed E-state index contributed by atoms with van der Waals surface area (Å²) < 4.78 is 5.45. The molecule has 1 saturated heterocycles. The number of hydrogen-bond acceptors (Lipinski definition) is 5. The highest BCUT2D eigenvalue weighted by Gasteiger charge is 2.60. The first kappa shape index (κ1) is 13.0. The van der Waals surface area contributed by atoms with Gasteiger partial charge < -0.3 is 25.0 Å². The molecule has 2 aliphatic carbocycles. The van der Waals surface area contributed by atoms with E-state index in [4.69, 9.17) is 4.74 Å². The number of phenolic OH excluding ortho intramolecular Hbond substituents is 2. The van der Waals surface area contributed by atoms with Gasteiger partial charge in [0.1, 0.15) is 0 Å². The summed E-state index contributed by atoms with van der Waals surface area (Å²) in [6, 6.07) is 0.383. The van der Waals surface area contributed by atoms with Crippen LogP contribution in [0.2, 0.25) is 0 Å². The van der Waals surface area contributed by atoms with E-state index in [-0.39, 0.29) is 11.5 Å². The van der Waals surface area contributed by atoms with Crippen molar-refractivity contribution in [1.82, 2.24) is 4.90 Å². The van der Waals surface area contributed by atoms with Gasteiger partial charge in [0.2, 0.25) is 11.5 Å². The van der Waals surface area contributed by atoms with Gasteiger partial charge in [-0.1, -0.05) is 6.42 Å². The minimum absolute atomic E-state index is 0.0554. The maximum atomic E-state index is 10.9. The Morgan fingerprint density at radius 2 is 2.00 bits per heavy atom. The highest BCUT2D eigenvalue weighted by Crippen LogP contribution is 2.67. The normalized spacial score (nSPS) is 38.5. The summed E-state index contributed by atoms with van der Waals surface area (Å²) >= 11 is 0. The molecular weight excluding hydrogens is 282 g/mol. The SMILES string of the molecule is CN1CC[C@@]23c4c(O)c(O)c5c(c4C[C@@H]1[C@@H]2CCCC3O)O5. The molecule has 4 atom stereocenters. The predicted octanol–water partition coefficient (Wildman–Crippen LogP) is 1.86. The van der Waals surface area contributed by atoms with Gasteiger partial charge in [-0.25, -0.2) is 0 Å². The van der Waals surface area contributed by atoms with Crippen molar-refractivity contribution >= 4 is 0 Å². The molecule has 2 aliphatic heterocycles. The van der Waals surface area contributed by atoms with Crippen LogP contribution in [0.25, 0.3) is 0 Å². The molecule has 1 saturated carbocycles. The Morgan fingerprint density at radius 3 is 2.82 bits per heavy atom. The van der Waals surface area contributed by atoms with Crippen molar-refractivity contribution < 1.29 is 20.1 Å². The molecular formula is C17H21NO4. The van der Waals surface area contributed by atoms with Crippen molar-refractivity contribution in [2.24, 2.45) is 5.92 Å². The van der Waals surface area contributed by atoms with E-state index in [0.29, 0.717) is 17.7 Å². The molecule has 5 nitrogen and oxygen atoms in total. The number of piperidine rings is 1. The number of fused-ring (bicyclic) bond motifs is 3. The zero-order valence-electron chi connectivity index (χ0n) is 12.7. The number of phenols is 2. The lowest BCUT2D eigenvalue weighted by atomic mass is 9.51. The first-order valence-electron chi connectivity index (χ1n) is 8.23. The van der Waals surface area contributed by atoms with Crippen molar-refractivity contribution in [3.8, 4) is 23.0 Å². The molecule has 2 bridgehead atoms. The third-order valence-corrected chi connectivity index (χ3v) is 6.66. The molecule has 1 aromatic carbocycles. The molecule has 2 heterocycles. The van der Waals surface area contributed by atoms with Crippen molar-refractivity contribution in [2.75, 3.05) is 13.6 Å². The molecule has 0 spiro atoms. The first-order valence-corrected chi connectivity index (χ1v) is 8.23. The molecule has 3 N–H and O–H groups in total. The van der Waals surface area contributed by atoms with E-state index in [1.54, 1.807) is 0 Å². The van der Waals surface area contributed by atoms with Crippen molar-refractivity contribution in [1.29, 1.82) is 0 Å². The van der Waals surface area contributed by atoms with Crippen LogP contribution in [0.5, 0.6) is 23.0 Å². The monoisotopic (exact) mass is 303 g/mol. The number of nitrogens with zero attached hydrogens (tertiary/aromatic N) is 1. The van der Waals surface area contributed by atoms with Crippen molar-refractivity contribution in [3.05, 3.63) is 11.1 Å². The summed E-state index contributed by atoms with van der Waals surface area (Å²) in [7, 11) is 2.15. The van der Waals surface area contributed by atoms with E-state index < -0.39 is 11.5 Å². The van der Waals surface area contributed by atoms with E-state index in [2.05, 4.69) is 11.9 Å². The summed E-state index contributed by atoms with van der Waals surface area (Å²) in [6.07, 6.45) is 4.07. The van der Waals surface area contributed by atoms with Crippen LogP contribution in [0, 0.1) is 5.92 Å². The van der Waals surface area contributed by atoms with Gasteiger partial charge in [0.05, 0.1) is 6.10 Å². The van der Waals surface area contributed by atoms with Gasteiger partial charge in [-0.2, -0.15) is 0 Å². The van der Waals surface area contributed by atoms with Gasteiger partial charge in [-0.05, 0) is 45.2 Å². The average molecular weight is 303 g/mol. The third-order valence-electron chi connectivity index (χ3n) is 6.66. The Morgan fingerprint density at radius 1 is 1.18 bits per heavy atom. The van der Waals surface area contributed by atoms with Gasteiger partial charge in [0.25, 0.3) is 0 Å². The second kappa shape index (κ2) is 3.89. The van der Waals surface area contributed by atoms with Crippen LogP contribution in [-0.2, 0) is 11.8 Å². The summed E-state index contributed by atoms with van der Waals surface area (Å²) in [4.78, 5) is 2.39. The molecule has 1 unspecified atom stereocenters. The number of aliphatic hydroxyl groups is 1. The maximum absolute atomic E-state index is 10.9. The van der Waals surface area contributed by atoms with E-state index in [1.807, 2.05) is 0 Å². The van der Waals surface area contributed by atoms with Crippen LogP contribution in [0.3, 0.4) is 0 Å². The molecule has 0 aromatic heterocycles. The minimum atomic E-state index is -0.455. The Bertz CT molecular complexity index is 688. The molecule has 1 aromatic rings. The average Bonchev–Trinajstić information content (AvgIpc) is 3.29. The number of ether oxygens (including phenoxy) is 1. The van der Waals surface area contributed by atoms with Crippen LogP contribution >= 0.6 is 0 Å². The quantitative estimate of drug-likeness (QED) is 0.511. The lowest BCUT2D eigenvalue weighted by molar-refractivity contribution is -0.0756. The molecule has 0 amide bonds. The Labute approximate surface area is 129 Å². The van der Waals surface area contributed by atoms with E-state index in [0.717, 1.165) is 55.5 Å². The molecule has 0 radical (unpaired) electrons. The second-order valence-electron chi connectivity index (χ2n) is 7.41. The molecule has 118 valence electrons. The van der Waals surface area contributed by atoms with Crippen LogP contribution in [0.4, 0.5) is 0 Å². The van der Waals surface area contributed by atoms with Gasteiger partial charge in [0, 0.05) is 22.6 Å². The number of benzene rings is 1. The maximum Gasteiger partial charge on any atom is 0.215 e. The van der Waals surface area contributed by atoms with Crippen LogP contribution < -0.4 is 4.74 Å². The van der Waals surface area contributed by atoms with Gasteiger partial charge >= 0.3 is 0 Å². The van der Waals surface area contributed by atoms with Gasteiger partial charge in [0.15, 0.2) is 11.5 Å². The number of likely N-dealkylation sites (tertiary alicyclic amines) is 1. The molecule has 5 heteroatoms. The predicted molar refractivity (Wildman–Crippen MR) is 79.6 cm³/mol.